The lowest BCUT2D eigenvalue weighted by atomic mass is 9.88. The topological polar surface area (TPSA) is 49.4 Å². The number of urea groups is 1. The van der Waals surface area contributed by atoms with Crippen LogP contribution in [0.5, 0.6) is 0 Å². The van der Waals surface area contributed by atoms with Gasteiger partial charge in [-0.1, -0.05) is 27.7 Å². The van der Waals surface area contributed by atoms with Crippen molar-refractivity contribution in [3.8, 4) is 0 Å². The van der Waals surface area contributed by atoms with E-state index in [1.54, 1.807) is 6.92 Å². The van der Waals surface area contributed by atoms with Crippen molar-refractivity contribution in [1.82, 2.24) is 10.2 Å². The molecule has 1 aliphatic heterocycles. The molecular weight excluding hydrogens is 192 g/mol. The van der Waals surface area contributed by atoms with E-state index in [0.29, 0.717) is 12.5 Å². The van der Waals surface area contributed by atoms with E-state index in [-0.39, 0.29) is 17.9 Å². The number of amides is 3. The first-order valence-electron chi connectivity index (χ1n) is 5.43. The molecule has 0 saturated carbocycles. The summed E-state index contributed by atoms with van der Waals surface area (Å²) in [5.74, 6) is 0.302. The van der Waals surface area contributed by atoms with Crippen molar-refractivity contribution in [1.29, 1.82) is 0 Å². The third kappa shape index (κ3) is 1.98. The normalized spacial score (nSPS) is 26.7. The van der Waals surface area contributed by atoms with Gasteiger partial charge in [0.2, 0.25) is 0 Å². The van der Waals surface area contributed by atoms with Gasteiger partial charge in [0, 0.05) is 6.54 Å². The summed E-state index contributed by atoms with van der Waals surface area (Å²) in [6.07, 6.45) is 0. The van der Waals surface area contributed by atoms with Crippen LogP contribution >= 0.6 is 0 Å². The molecule has 1 fully saturated rings. The maximum atomic E-state index is 12.1. The molecule has 1 saturated heterocycles. The molecule has 15 heavy (non-hydrogen) atoms. The molecule has 1 atom stereocenters. The molecule has 0 aromatic heterocycles. The van der Waals surface area contributed by atoms with Crippen molar-refractivity contribution in [2.45, 2.75) is 40.2 Å². The zero-order valence-electron chi connectivity index (χ0n) is 10.1. The fraction of sp³-hybridized carbons (Fsp3) is 0.818. The van der Waals surface area contributed by atoms with Crippen LogP contribution in [0.4, 0.5) is 4.79 Å². The fourth-order valence-corrected chi connectivity index (χ4v) is 1.64. The molecule has 1 unspecified atom stereocenters. The number of nitrogens with one attached hydrogen (secondary N) is 1. The molecule has 1 aliphatic rings. The molecule has 0 aliphatic carbocycles. The highest BCUT2D eigenvalue weighted by Gasteiger charge is 2.49. The van der Waals surface area contributed by atoms with Crippen LogP contribution in [0.15, 0.2) is 0 Å². The minimum atomic E-state index is -0.730. The van der Waals surface area contributed by atoms with Crippen LogP contribution in [-0.4, -0.2) is 28.9 Å². The number of carbonyl (C=O) groups excluding carboxylic acids is 2. The highest BCUT2D eigenvalue weighted by molar-refractivity contribution is 6.06. The van der Waals surface area contributed by atoms with E-state index in [2.05, 4.69) is 5.32 Å². The van der Waals surface area contributed by atoms with Gasteiger partial charge in [-0.3, -0.25) is 9.69 Å². The SMILES string of the molecule is CC(C)CN1C(=O)NC(C)(C(C)C)C1=O. The van der Waals surface area contributed by atoms with E-state index in [9.17, 15) is 9.59 Å². The van der Waals surface area contributed by atoms with Crippen LogP contribution in [-0.2, 0) is 4.79 Å². The second-order valence-electron chi connectivity index (χ2n) is 5.10. The van der Waals surface area contributed by atoms with Crippen LogP contribution < -0.4 is 5.32 Å². The number of carbonyl (C=O) groups is 2. The van der Waals surface area contributed by atoms with Crippen molar-refractivity contribution in [3.63, 3.8) is 0 Å². The van der Waals surface area contributed by atoms with Gasteiger partial charge in [0.1, 0.15) is 5.54 Å². The third-order valence-electron chi connectivity index (χ3n) is 3.00. The van der Waals surface area contributed by atoms with Gasteiger partial charge in [-0.2, -0.15) is 0 Å². The molecule has 0 spiro atoms. The summed E-state index contributed by atoms with van der Waals surface area (Å²) in [7, 11) is 0. The predicted molar refractivity (Wildman–Crippen MR) is 58.3 cm³/mol. The van der Waals surface area contributed by atoms with Crippen molar-refractivity contribution < 1.29 is 9.59 Å². The van der Waals surface area contributed by atoms with E-state index >= 15 is 0 Å². The number of hydrogen-bond acceptors (Lipinski definition) is 2. The van der Waals surface area contributed by atoms with E-state index in [0.717, 1.165) is 0 Å². The fourth-order valence-electron chi connectivity index (χ4n) is 1.64. The van der Waals surface area contributed by atoms with Gasteiger partial charge < -0.3 is 5.32 Å². The average molecular weight is 212 g/mol. The number of imide groups is 1. The van der Waals surface area contributed by atoms with Crippen LogP contribution in [0.3, 0.4) is 0 Å². The van der Waals surface area contributed by atoms with Crippen LogP contribution in [0.25, 0.3) is 0 Å². The maximum Gasteiger partial charge on any atom is 0.325 e. The molecule has 0 aromatic rings. The van der Waals surface area contributed by atoms with Crippen molar-refractivity contribution in [2.24, 2.45) is 11.8 Å². The van der Waals surface area contributed by atoms with Gasteiger partial charge in [0.15, 0.2) is 0 Å². The van der Waals surface area contributed by atoms with Gasteiger partial charge in [0.25, 0.3) is 5.91 Å². The minimum absolute atomic E-state index is 0.101. The molecule has 0 bridgehead atoms. The molecule has 0 aromatic carbocycles. The third-order valence-corrected chi connectivity index (χ3v) is 3.00. The summed E-state index contributed by atoms with van der Waals surface area (Å²) in [4.78, 5) is 25.0. The van der Waals surface area contributed by atoms with Gasteiger partial charge >= 0.3 is 6.03 Å². The van der Waals surface area contributed by atoms with Crippen molar-refractivity contribution in [2.75, 3.05) is 6.54 Å². The van der Waals surface area contributed by atoms with Crippen molar-refractivity contribution in [3.05, 3.63) is 0 Å². The Balaban J connectivity index is 2.88. The monoisotopic (exact) mass is 212 g/mol. The first-order chi connectivity index (χ1) is 6.79. The second-order valence-corrected chi connectivity index (χ2v) is 5.10. The summed E-state index contributed by atoms with van der Waals surface area (Å²) in [5.41, 5.74) is -0.730. The molecule has 0 radical (unpaired) electrons. The first-order valence-corrected chi connectivity index (χ1v) is 5.43. The summed E-state index contributed by atoms with van der Waals surface area (Å²) < 4.78 is 0. The number of rotatable bonds is 3. The van der Waals surface area contributed by atoms with Gasteiger partial charge in [0.05, 0.1) is 0 Å². The number of nitrogens with zero attached hydrogens (tertiary/aromatic N) is 1. The molecule has 1 rings (SSSR count). The lowest BCUT2D eigenvalue weighted by molar-refractivity contribution is -0.132. The Bertz CT molecular complexity index is 286. The Morgan fingerprint density at radius 1 is 1.27 bits per heavy atom. The Hall–Kier alpha value is -1.06. The lowest BCUT2D eigenvalue weighted by Gasteiger charge is -2.26. The predicted octanol–water partition coefficient (Wildman–Crippen LogP) is 1.61. The standard InChI is InChI=1S/C11H20N2O2/c1-7(2)6-13-9(14)11(5,8(3)4)12-10(13)15/h7-8H,6H2,1-5H3,(H,12,15). The molecule has 1 N–H and O–H groups in total. The molecule has 4 heteroatoms. The highest BCUT2D eigenvalue weighted by Crippen LogP contribution is 2.25. The van der Waals surface area contributed by atoms with E-state index in [1.807, 2.05) is 27.7 Å². The summed E-state index contributed by atoms with van der Waals surface area (Å²) in [5, 5.41) is 2.77. The van der Waals surface area contributed by atoms with Crippen molar-refractivity contribution >= 4 is 11.9 Å². The molecular formula is C11H20N2O2. The average Bonchev–Trinajstić information content (AvgIpc) is 2.30. The van der Waals surface area contributed by atoms with Crippen LogP contribution in [0, 0.1) is 11.8 Å². The zero-order valence-corrected chi connectivity index (χ0v) is 10.1. The Morgan fingerprint density at radius 3 is 2.13 bits per heavy atom. The van der Waals surface area contributed by atoms with E-state index in [4.69, 9.17) is 0 Å². The summed E-state index contributed by atoms with van der Waals surface area (Å²) in [6, 6.07) is -0.259. The zero-order chi connectivity index (χ0) is 11.8. The van der Waals surface area contributed by atoms with Gasteiger partial charge in [-0.25, -0.2) is 4.79 Å². The van der Waals surface area contributed by atoms with Crippen LogP contribution in [0.2, 0.25) is 0 Å². The van der Waals surface area contributed by atoms with Crippen LogP contribution in [0.1, 0.15) is 34.6 Å². The minimum Gasteiger partial charge on any atom is -0.323 e. The van der Waals surface area contributed by atoms with E-state index in [1.165, 1.54) is 4.90 Å². The van der Waals surface area contributed by atoms with Gasteiger partial charge in [-0.15, -0.1) is 0 Å². The maximum absolute atomic E-state index is 12.1. The molecule has 3 amide bonds. The second kappa shape index (κ2) is 3.83. The Labute approximate surface area is 91.0 Å². The molecule has 1 heterocycles. The summed E-state index contributed by atoms with van der Waals surface area (Å²) >= 11 is 0. The first kappa shape index (κ1) is 12.0. The summed E-state index contributed by atoms with van der Waals surface area (Å²) in [6.45, 7) is 10.1. The van der Waals surface area contributed by atoms with E-state index < -0.39 is 5.54 Å². The Kier molecular flexibility index (Phi) is 3.07. The largest absolute Gasteiger partial charge is 0.325 e. The van der Waals surface area contributed by atoms with Gasteiger partial charge in [-0.05, 0) is 18.8 Å². The highest BCUT2D eigenvalue weighted by atomic mass is 16.2. The molecule has 86 valence electrons. The quantitative estimate of drug-likeness (QED) is 0.722. The molecule has 4 nitrogen and oxygen atoms in total. The lowest BCUT2D eigenvalue weighted by Crippen LogP contribution is -2.48. The number of hydrogen-bond donors (Lipinski definition) is 1. The Morgan fingerprint density at radius 2 is 1.80 bits per heavy atom. The smallest absolute Gasteiger partial charge is 0.323 e.